The zero-order valence-corrected chi connectivity index (χ0v) is 20.8. The number of ether oxygens (including phenoxy) is 3. The fraction of sp³-hybridized carbons (Fsp3) is 0.417. The van der Waals surface area contributed by atoms with Gasteiger partial charge in [-0.3, -0.25) is 0 Å². The Hall–Kier alpha value is -2.35. The number of halogens is 2. The van der Waals surface area contributed by atoms with Crippen molar-refractivity contribution < 1.29 is 24.1 Å². The quantitative estimate of drug-likeness (QED) is 0.388. The van der Waals surface area contributed by atoms with Crippen molar-refractivity contribution in [1.82, 2.24) is 5.32 Å². The first-order chi connectivity index (χ1) is 15.7. The van der Waals surface area contributed by atoms with E-state index in [9.17, 15) is 9.90 Å². The third kappa shape index (κ3) is 7.88. The minimum atomic E-state index is -0.537. The van der Waals surface area contributed by atoms with E-state index in [1.54, 1.807) is 24.3 Å². The summed E-state index contributed by atoms with van der Waals surface area (Å²) in [7, 11) is 4.52. The summed E-state index contributed by atoms with van der Waals surface area (Å²) in [6, 6.07) is 7.84. The number of hydrogen-bond acceptors (Lipinski definition) is 5. The van der Waals surface area contributed by atoms with Crippen molar-refractivity contribution in [3.8, 4) is 17.2 Å². The van der Waals surface area contributed by atoms with Crippen LogP contribution in [0.15, 0.2) is 30.3 Å². The number of amides is 2. The Morgan fingerprint density at radius 3 is 2.21 bits per heavy atom. The molecule has 0 spiro atoms. The molecule has 2 rings (SSSR count). The highest BCUT2D eigenvalue weighted by atomic mass is 35.5. The van der Waals surface area contributed by atoms with Gasteiger partial charge in [0.15, 0.2) is 11.5 Å². The summed E-state index contributed by atoms with van der Waals surface area (Å²) < 4.78 is 15.9. The molecular formula is C24H31Cl2N2O5. The fourth-order valence-corrected chi connectivity index (χ4v) is 3.65. The van der Waals surface area contributed by atoms with Crippen molar-refractivity contribution in [2.75, 3.05) is 26.6 Å². The lowest BCUT2D eigenvalue weighted by Crippen LogP contribution is -2.40. The van der Waals surface area contributed by atoms with Crippen LogP contribution in [0.4, 0.5) is 10.5 Å². The number of hydrogen-bond donors (Lipinski definition) is 3. The number of rotatable bonds is 11. The maximum atomic E-state index is 12.5. The van der Waals surface area contributed by atoms with E-state index in [-0.39, 0.29) is 12.0 Å². The van der Waals surface area contributed by atoms with Crippen LogP contribution in [0.25, 0.3) is 0 Å². The number of methoxy groups -OCH3 is 3. The Bertz CT molecular complexity index is 916. The molecule has 2 amide bonds. The predicted octanol–water partition coefficient (Wildman–Crippen LogP) is 5.36. The van der Waals surface area contributed by atoms with Gasteiger partial charge in [0.1, 0.15) is 0 Å². The Balaban J connectivity index is 1.86. The van der Waals surface area contributed by atoms with Crippen LogP contribution in [0.2, 0.25) is 10.0 Å². The van der Waals surface area contributed by atoms with Gasteiger partial charge in [-0.1, -0.05) is 36.2 Å². The molecule has 0 aromatic heterocycles. The highest BCUT2D eigenvalue weighted by molar-refractivity contribution is 6.42. The SMILES string of the molecule is [CH2]C(NC(=O)Nc1cc(OC)c(OC)c(OC)c1)C(C)CCC(O)Cc1ccc(Cl)c(Cl)c1. The fourth-order valence-electron chi connectivity index (χ4n) is 3.33. The van der Waals surface area contributed by atoms with Crippen LogP contribution in [-0.4, -0.2) is 44.6 Å². The molecule has 7 nitrogen and oxygen atoms in total. The normalized spacial score (nSPS) is 13.6. The summed E-state index contributed by atoms with van der Waals surface area (Å²) in [6.07, 6.45) is 1.18. The van der Waals surface area contributed by atoms with Crippen LogP contribution in [0.3, 0.4) is 0 Å². The van der Waals surface area contributed by atoms with E-state index in [4.69, 9.17) is 37.4 Å². The number of nitrogens with one attached hydrogen (secondary N) is 2. The highest BCUT2D eigenvalue weighted by Crippen LogP contribution is 2.39. The van der Waals surface area contributed by atoms with Crippen LogP contribution in [0.5, 0.6) is 17.2 Å². The van der Waals surface area contributed by atoms with Crippen molar-refractivity contribution >= 4 is 34.9 Å². The van der Waals surface area contributed by atoms with Crippen molar-refractivity contribution in [2.24, 2.45) is 5.92 Å². The first-order valence-electron chi connectivity index (χ1n) is 10.5. The first-order valence-corrected chi connectivity index (χ1v) is 11.3. The molecule has 3 N–H and O–H groups in total. The number of aliphatic hydroxyl groups excluding tert-OH is 1. The molecule has 2 aromatic rings. The molecule has 3 unspecified atom stereocenters. The second-order valence-electron chi connectivity index (χ2n) is 7.78. The summed E-state index contributed by atoms with van der Waals surface area (Å²) in [6.45, 7) is 6.02. The van der Waals surface area contributed by atoms with Crippen LogP contribution < -0.4 is 24.8 Å². The van der Waals surface area contributed by atoms with E-state index in [0.29, 0.717) is 52.2 Å². The Kier molecular flexibility index (Phi) is 10.4. The Morgan fingerprint density at radius 2 is 1.67 bits per heavy atom. The molecule has 0 fully saturated rings. The van der Waals surface area contributed by atoms with Gasteiger partial charge in [-0.25, -0.2) is 4.79 Å². The summed E-state index contributed by atoms with van der Waals surface area (Å²) in [4.78, 5) is 12.5. The standard InChI is InChI=1S/C24H31Cl2N2O5/c1-14(6-8-18(29)10-16-7-9-19(25)20(26)11-16)15(2)27-24(30)28-17-12-21(31-3)23(33-5)22(13-17)32-4/h7,9,11-15,18,29H,2,6,8,10H2,1,3-5H3,(H2,27,28,30). The van der Waals surface area contributed by atoms with E-state index >= 15 is 0 Å². The maximum absolute atomic E-state index is 12.5. The van der Waals surface area contributed by atoms with E-state index in [1.165, 1.54) is 21.3 Å². The molecule has 3 atom stereocenters. The zero-order chi connectivity index (χ0) is 24.5. The molecule has 0 bridgehead atoms. The molecule has 0 aliphatic carbocycles. The highest BCUT2D eigenvalue weighted by Gasteiger charge is 2.19. The topological polar surface area (TPSA) is 89.1 Å². The van der Waals surface area contributed by atoms with Gasteiger partial charge < -0.3 is 30.0 Å². The average Bonchev–Trinajstić information content (AvgIpc) is 2.78. The number of carbonyl (C=O) groups is 1. The van der Waals surface area contributed by atoms with Gasteiger partial charge >= 0.3 is 6.03 Å². The van der Waals surface area contributed by atoms with Gasteiger partial charge in [-0.2, -0.15) is 0 Å². The van der Waals surface area contributed by atoms with Gasteiger partial charge in [0.25, 0.3) is 0 Å². The van der Waals surface area contributed by atoms with Gasteiger partial charge in [0.05, 0.1) is 43.2 Å². The summed E-state index contributed by atoms with van der Waals surface area (Å²) in [5.41, 5.74) is 1.40. The molecule has 0 aliphatic rings. The minimum absolute atomic E-state index is 0.0409. The molecule has 33 heavy (non-hydrogen) atoms. The number of urea groups is 1. The first kappa shape index (κ1) is 26.9. The van der Waals surface area contributed by atoms with Crippen LogP contribution >= 0.6 is 23.2 Å². The molecule has 0 saturated heterocycles. The third-order valence-electron chi connectivity index (χ3n) is 5.34. The lowest BCUT2D eigenvalue weighted by Gasteiger charge is -2.23. The second-order valence-corrected chi connectivity index (χ2v) is 8.59. The van der Waals surface area contributed by atoms with Crippen LogP contribution in [0, 0.1) is 12.8 Å². The predicted molar refractivity (Wildman–Crippen MR) is 132 cm³/mol. The molecule has 0 heterocycles. The lowest BCUT2D eigenvalue weighted by molar-refractivity contribution is 0.153. The van der Waals surface area contributed by atoms with Crippen molar-refractivity contribution in [2.45, 2.75) is 38.3 Å². The van der Waals surface area contributed by atoms with Crippen LogP contribution in [-0.2, 0) is 6.42 Å². The van der Waals surface area contributed by atoms with Crippen molar-refractivity contribution in [3.05, 3.63) is 52.9 Å². The molecule has 0 aliphatic heterocycles. The molecule has 0 saturated carbocycles. The molecule has 2 aromatic carbocycles. The van der Waals surface area contributed by atoms with Crippen LogP contribution in [0.1, 0.15) is 25.3 Å². The smallest absolute Gasteiger partial charge is 0.319 e. The average molecular weight is 498 g/mol. The Labute approximate surface area is 205 Å². The van der Waals surface area contributed by atoms with E-state index < -0.39 is 12.1 Å². The lowest BCUT2D eigenvalue weighted by atomic mass is 9.94. The largest absolute Gasteiger partial charge is 0.493 e. The summed E-state index contributed by atoms with van der Waals surface area (Å²) >= 11 is 12.0. The molecule has 9 heteroatoms. The summed E-state index contributed by atoms with van der Waals surface area (Å²) in [5, 5.41) is 16.9. The minimum Gasteiger partial charge on any atom is -0.493 e. The number of carbonyl (C=O) groups excluding carboxylic acids is 1. The summed E-state index contributed by atoms with van der Waals surface area (Å²) in [5.74, 6) is 1.35. The van der Waals surface area contributed by atoms with Gasteiger partial charge in [0, 0.05) is 18.2 Å². The Morgan fingerprint density at radius 1 is 1.03 bits per heavy atom. The molecule has 1 radical (unpaired) electrons. The van der Waals surface area contributed by atoms with Crippen molar-refractivity contribution in [1.29, 1.82) is 0 Å². The number of anilines is 1. The maximum Gasteiger partial charge on any atom is 0.319 e. The van der Waals surface area contributed by atoms with Crippen molar-refractivity contribution in [3.63, 3.8) is 0 Å². The van der Waals surface area contributed by atoms with E-state index in [1.807, 2.05) is 13.0 Å². The zero-order valence-electron chi connectivity index (χ0n) is 19.3. The second kappa shape index (κ2) is 12.8. The monoisotopic (exact) mass is 497 g/mol. The van der Waals surface area contributed by atoms with E-state index in [0.717, 1.165) is 5.56 Å². The van der Waals surface area contributed by atoms with E-state index in [2.05, 4.69) is 17.6 Å². The molecule has 181 valence electrons. The van der Waals surface area contributed by atoms with Gasteiger partial charge in [-0.15, -0.1) is 0 Å². The number of benzene rings is 2. The molecular weight excluding hydrogens is 467 g/mol. The van der Waals surface area contributed by atoms with Gasteiger partial charge in [0.2, 0.25) is 5.75 Å². The van der Waals surface area contributed by atoms with Gasteiger partial charge in [-0.05, 0) is 49.8 Å². The third-order valence-corrected chi connectivity index (χ3v) is 6.08. The number of aliphatic hydroxyl groups is 1.